The second-order valence-electron chi connectivity index (χ2n) is 6.41. The van der Waals surface area contributed by atoms with Crippen molar-refractivity contribution in [3.63, 3.8) is 0 Å². The molecule has 0 bridgehead atoms. The maximum absolute atomic E-state index is 10.7. The largest absolute Gasteiger partial charge is 0.493 e. The van der Waals surface area contributed by atoms with Crippen LogP contribution in [0.1, 0.15) is 30.6 Å². The lowest BCUT2D eigenvalue weighted by Gasteiger charge is -2.23. The van der Waals surface area contributed by atoms with Crippen LogP contribution in [0.5, 0.6) is 40.2 Å². The Labute approximate surface area is 177 Å². The Morgan fingerprint density at radius 2 is 1.33 bits per heavy atom. The fourth-order valence-electron chi connectivity index (χ4n) is 3.14. The zero-order valence-corrected chi connectivity index (χ0v) is 18.4. The van der Waals surface area contributed by atoms with Crippen LogP contribution in [0.15, 0.2) is 30.9 Å². The van der Waals surface area contributed by atoms with E-state index in [4.69, 9.17) is 28.4 Å². The van der Waals surface area contributed by atoms with Gasteiger partial charge in [0, 0.05) is 5.56 Å². The van der Waals surface area contributed by atoms with Crippen molar-refractivity contribution in [3.8, 4) is 40.2 Å². The molecule has 2 aromatic carbocycles. The number of allylic oxidation sites excluding steroid dienone is 1. The lowest BCUT2D eigenvalue weighted by Crippen LogP contribution is -2.06. The van der Waals surface area contributed by atoms with Gasteiger partial charge in [-0.3, -0.25) is 0 Å². The number of aliphatic hydroxyl groups is 1. The molecule has 0 fully saturated rings. The molecule has 1 atom stereocenters. The van der Waals surface area contributed by atoms with Crippen LogP contribution < -0.4 is 28.4 Å². The van der Waals surface area contributed by atoms with Crippen LogP contribution in [0.4, 0.5) is 0 Å². The second-order valence-corrected chi connectivity index (χ2v) is 6.41. The van der Waals surface area contributed by atoms with Gasteiger partial charge in [0.15, 0.2) is 23.0 Å². The van der Waals surface area contributed by atoms with Gasteiger partial charge in [0.05, 0.1) is 41.7 Å². The van der Waals surface area contributed by atoms with Crippen LogP contribution >= 0.6 is 0 Å². The average molecular weight is 418 g/mol. The standard InChI is InChI=1S/C23H30O7/c1-8-10-14-11-17(25-3)21(18(12-14)26-4)30-20-15(16(24)9-2)13-19(27-5)22(28-6)23(20)29-7/h8,11-13,16,24H,1,9-10H2,2-7H3. The molecule has 0 aromatic heterocycles. The highest BCUT2D eigenvalue weighted by molar-refractivity contribution is 5.66. The van der Waals surface area contributed by atoms with Gasteiger partial charge in [0.2, 0.25) is 17.2 Å². The molecule has 0 aliphatic rings. The number of methoxy groups -OCH3 is 5. The summed E-state index contributed by atoms with van der Waals surface area (Å²) in [5.74, 6) is 2.65. The summed E-state index contributed by atoms with van der Waals surface area (Å²) in [7, 11) is 7.61. The fourth-order valence-corrected chi connectivity index (χ4v) is 3.14. The Kier molecular flexibility index (Phi) is 8.24. The van der Waals surface area contributed by atoms with E-state index in [-0.39, 0.29) is 5.75 Å². The van der Waals surface area contributed by atoms with Crippen LogP contribution in [0, 0.1) is 0 Å². The molecule has 0 aliphatic heterocycles. The lowest BCUT2D eigenvalue weighted by molar-refractivity contribution is 0.168. The van der Waals surface area contributed by atoms with Gasteiger partial charge in [-0.1, -0.05) is 13.0 Å². The summed E-state index contributed by atoms with van der Waals surface area (Å²) >= 11 is 0. The van der Waals surface area contributed by atoms with Gasteiger partial charge in [-0.2, -0.15) is 0 Å². The second kappa shape index (κ2) is 10.6. The quantitative estimate of drug-likeness (QED) is 0.530. The van der Waals surface area contributed by atoms with Crippen molar-refractivity contribution in [2.24, 2.45) is 0 Å². The highest BCUT2D eigenvalue weighted by atomic mass is 16.6. The van der Waals surface area contributed by atoms with Gasteiger partial charge < -0.3 is 33.5 Å². The molecular weight excluding hydrogens is 388 g/mol. The third-order valence-corrected chi connectivity index (χ3v) is 4.66. The summed E-state index contributed by atoms with van der Waals surface area (Å²) in [5, 5.41) is 10.7. The van der Waals surface area contributed by atoms with Crippen molar-refractivity contribution in [2.75, 3.05) is 35.5 Å². The van der Waals surface area contributed by atoms with E-state index in [1.54, 1.807) is 26.4 Å². The third-order valence-electron chi connectivity index (χ3n) is 4.66. The minimum Gasteiger partial charge on any atom is -0.493 e. The molecule has 2 rings (SSSR count). The summed E-state index contributed by atoms with van der Waals surface area (Å²) in [4.78, 5) is 0. The van der Waals surface area contributed by atoms with Crippen molar-refractivity contribution in [1.29, 1.82) is 0 Å². The Morgan fingerprint density at radius 3 is 1.77 bits per heavy atom. The monoisotopic (exact) mass is 418 g/mol. The van der Waals surface area contributed by atoms with Crippen LogP contribution in [-0.2, 0) is 6.42 Å². The first-order chi connectivity index (χ1) is 14.5. The van der Waals surface area contributed by atoms with E-state index in [2.05, 4.69) is 6.58 Å². The molecule has 0 amide bonds. The van der Waals surface area contributed by atoms with Crippen LogP contribution in [0.3, 0.4) is 0 Å². The molecule has 7 nitrogen and oxygen atoms in total. The van der Waals surface area contributed by atoms with Gasteiger partial charge in [-0.05, 0) is 36.6 Å². The fraction of sp³-hybridized carbons (Fsp3) is 0.391. The van der Waals surface area contributed by atoms with E-state index < -0.39 is 6.10 Å². The molecule has 7 heteroatoms. The molecule has 164 valence electrons. The van der Waals surface area contributed by atoms with E-state index in [1.165, 1.54) is 21.3 Å². The summed E-state index contributed by atoms with van der Waals surface area (Å²) in [6.07, 6.45) is 2.08. The SMILES string of the molecule is C=CCc1cc(OC)c(Oc2c(C(O)CC)cc(OC)c(OC)c2OC)c(OC)c1. The molecule has 1 unspecified atom stereocenters. The third kappa shape index (κ3) is 4.57. The molecule has 0 spiro atoms. The van der Waals surface area contributed by atoms with Crippen LogP contribution in [0.25, 0.3) is 0 Å². The Hall–Kier alpha value is -3.06. The number of hydrogen-bond acceptors (Lipinski definition) is 7. The Bertz CT molecular complexity index is 851. The van der Waals surface area contributed by atoms with E-state index >= 15 is 0 Å². The smallest absolute Gasteiger partial charge is 0.211 e. The zero-order chi connectivity index (χ0) is 22.3. The zero-order valence-electron chi connectivity index (χ0n) is 18.4. The van der Waals surface area contributed by atoms with E-state index in [1.807, 2.05) is 19.1 Å². The number of aliphatic hydroxyl groups excluding tert-OH is 1. The molecule has 0 saturated carbocycles. The average Bonchev–Trinajstić information content (AvgIpc) is 2.78. The minimum absolute atomic E-state index is 0.289. The molecule has 0 saturated heterocycles. The van der Waals surface area contributed by atoms with Crippen molar-refractivity contribution in [2.45, 2.75) is 25.9 Å². The molecule has 0 heterocycles. The number of hydrogen-bond donors (Lipinski definition) is 1. The predicted molar refractivity (Wildman–Crippen MR) is 115 cm³/mol. The van der Waals surface area contributed by atoms with Crippen molar-refractivity contribution >= 4 is 0 Å². The topological polar surface area (TPSA) is 75.6 Å². The molecule has 30 heavy (non-hydrogen) atoms. The summed E-state index contributed by atoms with van der Waals surface area (Å²) < 4.78 is 33.9. The van der Waals surface area contributed by atoms with E-state index in [0.29, 0.717) is 52.9 Å². The first-order valence-corrected chi connectivity index (χ1v) is 9.53. The molecular formula is C23H30O7. The number of benzene rings is 2. The van der Waals surface area contributed by atoms with Gasteiger partial charge >= 0.3 is 0 Å². The highest BCUT2D eigenvalue weighted by Crippen LogP contribution is 2.52. The highest BCUT2D eigenvalue weighted by Gasteiger charge is 2.27. The molecule has 0 aliphatic carbocycles. The lowest BCUT2D eigenvalue weighted by atomic mass is 10.0. The summed E-state index contributed by atoms with van der Waals surface area (Å²) in [6, 6.07) is 5.38. The number of rotatable bonds is 11. The number of ether oxygens (including phenoxy) is 6. The first-order valence-electron chi connectivity index (χ1n) is 9.53. The normalized spacial score (nSPS) is 11.4. The van der Waals surface area contributed by atoms with E-state index in [9.17, 15) is 5.11 Å². The Morgan fingerprint density at radius 1 is 0.800 bits per heavy atom. The van der Waals surface area contributed by atoms with Crippen molar-refractivity contribution in [3.05, 3.63) is 42.0 Å². The summed E-state index contributed by atoms with van der Waals surface area (Å²) in [6.45, 7) is 5.64. The first kappa shape index (κ1) is 23.2. The van der Waals surface area contributed by atoms with Gasteiger partial charge in [0.1, 0.15) is 0 Å². The van der Waals surface area contributed by atoms with Gasteiger partial charge in [-0.15, -0.1) is 6.58 Å². The van der Waals surface area contributed by atoms with Gasteiger partial charge in [0.25, 0.3) is 0 Å². The maximum Gasteiger partial charge on any atom is 0.211 e. The van der Waals surface area contributed by atoms with Gasteiger partial charge in [-0.25, -0.2) is 0 Å². The predicted octanol–water partition coefficient (Wildman–Crippen LogP) is 4.69. The van der Waals surface area contributed by atoms with E-state index in [0.717, 1.165) is 5.56 Å². The minimum atomic E-state index is -0.814. The summed E-state index contributed by atoms with van der Waals surface area (Å²) in [5.41, 5.74) is 1.45. The maximum atomic E-state index is 10.7. The van der Waals surface area contributed by atoms with Crippen molar-refractivity contribution in [1.82, 2.24) is 0 Å². The Balaban J connectivity index is 2.76. The molecule has 2 aromatic rings. The van der Waals surface area contributed by atoms with Crippen LogP contribution in [-0.4, -0.2) is 40.7 Å². The van der Waals surface area contributed by atoms with Crippen molar-refractivity contribution < 1.29 is 33.5 Å². The van der Waals surface area contributed by atoms with Crippen LogP contribution in [0.2, 0.25) is 0 Å². The molecule has 1 N–H and O–H groups in total. The molecule has 0 radical (unpaired) electrons.